The van der Waals surface area contributed by atoms with Crippen LogP contribution in [-0.2, 0) is 0 Å². The van der Waals surface area contributed by atoms with Crippen LogP contribution in [0.2, 0.25) is 0 Å². The number of halogens is 2. The number of carbonyl (C=O) groups is 1. The van der Waals surface area contributed by atoms with Gasteiger partial charge in [0.1, 0.15) is 4.33 Å². The number of tetrazole rings is 1. The number of aromatic nitrogens is 4. The fourth-order valence-corrected chi connectivity index (χ4v) is 2.28. The first-order chi connectivity index (χ1) is 8.73. The van der Waals surface area contributed by atoms with E-state index in [9.17, 15) is 4.79 Å². The zero-order valence-corrected chi connectivity index (χ0v) is 12.5. The normalized spacial score (nSPS) is 24.3. The topological polar surface area (TPSA) is 84.7 Å². The molecule has 106 valence electrons. The Balaban J connectivity index is 1.81. The van der Waals surface area contributed by atoms with Crippen molar-refractivity contribution >= 4 is 35.2 Å². The van der Waals surface area contributed by atoms with Crippen molar-refractivity contribution < 1.29 is 4.79 Å². The van der Waals surface area contributed by atoms with Crippen LogP contribution >= 0.6 is 23.2 Å². The maximum Gasteiger partial charge on any atom is 0.321 e. The van der Waals surface area contributed by atoms with Gasteiger partial charge in [-0.3, -0.25) is 5.32 Å². The van der Waals surface area contributed by atoms with Crippen LogP contribution in [0.25, 0.3) is 0 Å². The molecule has 19 heavy (non-hydrogen) atoms. The van der Waals surface area contributed by atoms with Gasteiger partial charge in [0.2, 0.25) is 0 Å². The summed E-state index contributed by atoms with van der Waals surface area (Å²) < 4.78 is -0.751. The second-order valence-electron chi connectivity index (χ2n) is 5.28. The zero-order valence-electron chi connectivity index (χ0n) is 10.9. The number of hydrogen-bond acceptors (Lipinski definition) is 4. The van der Waals surface area contributed by atoms with Crippen LogP contribution in [0.3, 0.4) is 0 Å². The Hall–Kier alpha value is -1.08. The maximum absolute atomic E-state index is 11.7. The summed E-state index contributed by atoms with van der Waals surface area (Å²) in [5.41, 5.74) is -0.281. The van der Waals surface area contributed by atoms with E-state index in [0.717, 1.165) is 0 Å². The molecule has 1 fully saturated rings. The fourth-order valence-electron chi connectivity index (χ4n) is 1.55. The predicted molar refractivity (Wildman–Crippen MR) is 72.4 cm³/mol. The highest BCUT2D eigenvalue weighted by Crippen LogP contribution is 2.63. The van der Waals surface area contributed by atoms with Gasteiger partial charge in [0.25, 0.3) is 5.95 Å². The van der Waals surface area contributed by atoms with Gasteiger partial charge in [0.05, 0.1) is 6.04 Å². The van der Waals surface area contributed by atoms with E-state index >= 15 is 0 Å². The number of amides is 2. The molecule has 1 aliphatic carbocycles. The Morgan fingerprint density at radius 2 is 2.16 bits per heavy atom. The first kappa shape index (κ1) is 14.3. The first-order valence-electron chi connectivity index (χ1n) is 5.96. The molecule has 1 saturated carbocycles. The Morgan fingerprint density at radius 1 is 1.53 bits per heavy atom. The fraction of sp³-hybridized carbons (Fsp3) is 0.800. The van der Waals surface area contributed by atoms with Crippen molar-refractivity contribution in [3.05, 3.63) is 0 Å². The number of urea groups is 1. The molecule has 0 spiro atoms. The van der Waals surface area contributed by atoms with Crippen LogP contribution in [0.4, 0.5) is 10.7 Å². The number of nitrogens with one attached hydrogen (secondary N) is 2. The summed E-state index contributed by atoms with van der Waals surface area (Å²) in [6.07, 6.45) is 0.658. The number of carbonyl (C=O) groups excluding carboxylic acids is 1. The molecule has 2 N–H and O–H groups in total. The highest BCUT2D eigenvalue weighted by molar-refractivity contribution is 6.51. The summed E-state index contributed by atoms with van der Waals surface area (Å²) in [7, 11) is 0. The van der Waals surface area contributed by atoms with Crippen molar-refractivity contribution in [3.8, 4) is 0 Å². The predicted octanol–water partition coefficient (Wildman–Crippen LogP) is 1.96. The van der Waals surface area contributed by atoms with Crippen molar-refractivity contribution in [3.63, 3.8) is 0 Å². The number of alkyl halides is 2. The molecule has 7 nitrogen and oxygen atoms in total. The van der Waals surface area contributed by atoms with Gasteiger partial charge in [-0.05, 0) is 25.5 Å². The zero-order chi connectivity index (χ0) is 14.3. The van der Waals surface area contributed by atoms with Crippen molar-refractivity contribution in [1.82, 2.24) is 25.5 Å². The summed E-state index contributed by atoms with van der Waals surface area (Å²) in [6.45, 7) is 6.14. The van der Waals surface area contributed by atoms with Crippen LogP contribution in [0, 0.1) is 5.41 Å². The molecule has 1 heterocycles. The molecule has 0 radical (unpaired) electrons. The summed E-state index contributed by atoms with van der Waals surface area (Å²) >= 11 is 12.0. The molecule has 1 unspecified atom stereocenters. The van der Waals surface area contributed by atoms with Gasteiger partial charge in [0, 0.05) is 12.0 Å². The van der Waals surface area contributed by atoms with E-state index in [1.165, 1.54) is 4.80 Å². The highest BCUT2D eigenvalue weighted by Gasteiger charge is 2.62. The lowest BCUT2D eigenvalue weighted by molar-refractivity contribution is 0.249. The van der Waals surface area contributed by atoms with Crippen molar-refractivity contribution in [1.29, 1.82) is 0 Å². The molecule has 1 atom stereocenters. The van der Waals surface area contributed by atoms with E-state index in [1.54, 1.807) is 0 Å². The lowest BCUT2D eigenvalue weighted by Gasteiger charge is -2.12. The monoisotopic (exact) mass is 306 g/mol. The molecule has 2 amide bonds. The smallest absolute Gasteiger partial charge is 0.321 e. The number of anilines is 1. The lowest BCUT2D eigenvalue weighted by Crippen LogP contribution is -2.34. The average Bonchev–Trinajstić information content (AvgIpc) is 2.65. The van der Waals surface area contributed by atoms with Crippen LogP contribution in [0.15, 0.2) is 0 Å². The second-order valence-corrected chi connectivity index (χ2v) is 6.76. The standard InChI is InChI=1S/C10H16Cl2N6O/c1-6(2)18-16-7(15-17-18)14-8(19)13-5-9(3)4-10(9,11)12/h6H,4-5H2,1-3H3,(H2,13,14,16,19). The Morgan fingerprint density at radius 3 is 2.63 bits per heavy atom. The van der Waals surface area contributed by atoms with E-state index in [-0.39, 0.29) is 17.4 Å². The minimum atomic E-state index is -0.751. The van der Waals surface area contributed by atoms with Crippen LogP contribution in [0.1, 0.15) is 33.2 Å². The maximum atomic E-state index is 11.7. The summed E-state index contributed by atoms with van der Waals surface area (Å²) in [4.78, 5) is 13.1. The summed E-state index contributed by atoms with van der Waals surface area (Å²) in [5, 5.41) is 16.7. The van der Waals surface area contributed by atoms with E-state index < -0.39 is 10.4 Å². The van der Waals surface area contributed by atoms with E-state index in [4.69, 9.17) is 23.2 Å². The third kappa shape index (κ3) is 3.09. The SMILES string of the molecule is CC(C)n1nnc(NC(=O)NCC2(C)CC2(Cl)Cl)n1. The number of hydrogen-bond donors (Lipinski definition) is 2. The quantitative estimate of drug-likeness (QED) is 0.833. The van der Waals surface area contributed by atoms with Crippen molar-refractivity contribution in [2.24, 2.45) is 5.41 Å². The first-order valence-corrected chi connectivity index (χ1v) is 6.71. The van der Waals surface area contributed by atoms with Gasteiger partial charge in [-0.25, -0.2) is 4.79 Å². The molecule has 2 rings (SSSR count). The Bertz CT molecular complexity index is 488. The highest BCUT2D eigenvalue weighted by atomic mass is 35.5. The van der Waals surface area contributed by atoms with Gasteiger partial charge >= 0.3 is 6.03 Å². The van der Waals surface area contributed by atoms with E-state index in [0.29, 0.717) is 13.0 Å². The van der Waals surface area contributed by atoms with Crippen molar-refractivity contribution in [2.75, 3.05) is 11.9 Å². The minimum Gasteiger partial charge on any atom is -0.337 e. The summed E-state index contributed by atoms with van der Waals surface area (Å²) in [6, 6.07) is -0.315. The third-order valence-electron chi connectivity index (χ3n) is 3.12. The van der Waals surface area contributed by atoms with Gasteiger partial charge in [0.15, 0.2) is 0 Å². The van der Waals surface area contributed by atoms with Crippen molar-refractivity contribution in [2.45, 2.75) is 37.6 Å². The molecular weight excluding hydrogens is 291 g/mol. The molecule has 0 aliphatic heterocycles. The molecule has 0 saturated heterocycles. The average molecular weight is 307 g/mol. The minimum absolute atomic E-state index is 0.0876. The number of nitrogens with zero attached hydrogens (tertiary/aromatic N) is 4. The van der Waals surface area contributed by atoms with Crippen LogP contribution in [0.5, 0.6) is 0 Å². The Kier molecular flexibility index (Phi) is 3.61. The number of rotatable bonds is 4. The molecule has 0 aromatic carbocycles. The van der Waals surface area contributed by atoms with Crippen LogP contribution in [-0.4, -0.2) is 37.1 Å². The van der Waals surface area contributed by atoms with Gasteiger partial charge in [-0.1, -0.05) is 12.0 Å². The van der Waals surface area contributed by atoms with Gasteiger partial charge < -0.3 is 5.32 Å². The lowest BCUT2D eigenvalue weighted by atomic mass is 10.1. The van der Waals surface area contributed by atoms with Gasteiger partial charge in [-0.15, -0.1) is 28.3 Å². The van der Waals surface area contributed by atoms with Crippen LogP contribution < -0.4 is 10.6 Å². The molecular formula is C10H16Cl2N6O. The van der Waals surface area contributed by atoms with E-state index in [2.05, 4.69) is 26.0 Å². The summed E-state index contributed by atoms with van der Waals surface area (Å²) in [5.74, 6) is 0.162. The van der Waals surface area contributed by atoms with Gasteiger partial charge in [-0.2, -0.15) is 4.80 Å². The third-order valence-corrected chi connectivity index (χ3v) is 4.30. The molecule has 1 aromatic heterocycles. The molecule has 1 aromatic rings. The van der Waals surface area contributed by atoms with E-state index in [1.807, 2.05) is 20.8 Å². The largest absolute Gasteiger partial charge is 0.337 e. The Labute approximate surface area is 121 Å². The second kappa shape index (κ2) is 4.79. The molecule has 9 heteroatoms. The molecule has 1 aliphatic rings. The molecule has 0 bridgehead atoms.